The van der Waals surface area contributed by atoms with Gasteiger partial charge in [0, 0.05) is 25.3 Å². The van der Waals surface area contributed by atoms with Crippen molar-refractivity contribution in [2.45, 2.75) is 62.9 Å². The highest BCUT2D eigenvalue weighted by molar-refractivity contribution is 5.76. The van der Waals surface area contributed by atoms with Crippen LogP contribution in [0.15, 0.2) is 47.5 Å². The molecule has 2 saturated carbocycles. The minimum absolute atomic E-state index is 0.150. The first kappa shape index (κ1) is 20.1. The second kappa shape index (κ2) is 8.09. The Morgan fingerprint density at radius 1 is 0.656 bits per heavy atom. The molecule has 2 fully saturated rings. The smallest absolute Gasteiger partial charge is 0.127 e. The molecule has 4 heteroatoms. The lowest BCUT2D eigenvalue weighted by Gasteiger charge is -2.35. The van der Waals surface area contributed by atoms with Crippen LogP contribution in [0, 0.1) is 0 Å². The molecule has 0 spiro atoms. The zero-order valence-corrected chi connectivity index (χ0v) is 18.8. The molecular weight excluding hydrogens is 400 g/mol. The maximum atomic E-state index is 6.34. The molecule has 0 radical (unpaired) electrons. The SMILES string of the molecule is COC1CCCC2Oc3ccc(-c4ccc5c(c4)C=C4C(OC)CCCC4O5)cc3C=C12. The molecule has 0 bridgehead atoms. The van der Waals surface area contributed by atoms with Gasteiger partial charge in [-0.05, 0) is 97.2 Å². The summed E-state index contributed by atoms with van der Waals surface area (Å²) in [7, 11) is 3.60. The van der Waals surface area contributed by atoms with Crippen molar-refractivity contribution in [1.29, 1.82) is 0 Å². The Bertz CT molecular complexity index is 1010. The first-order chi connectivity index (χ1) is 15.7. The van der Waals surface area contributed by atoms with E-state index in [4.69, 9.17) is 18.9 Å². The highest BCUT2D eigenvalue weighted by Gasteiger charge is 2.33. The fraction of sp³-hybridized carbons (Fsp3) is 0.429. The summed E-state index contributed by atoms with van der Waals surface area (Å²) in [5, 5.41) is 0. The topological polar surface area (TPSA) is 36.9 Å². The molecule has 2 heterocycles. The highest BCUT2D eigenvalue weighted by Crippen LogP contribution is 2.42. The van der Waals surface area contributed by atoms with E-state index in [0.29, 0.717) is 0 Å². The average molecular weight is 431 g/mol. The molecular formula is C28H30O4. The zero-order valence-electron chi connectivity index (χ0n) is 18.8. The quantitative estimate of drug-likeness (QED) is 0.595. The summed E-state index contributed by atoms with van der Waals surface area (Å²) in [6, 6.07) is 13.0. The molecule has 6 rings (SSSR count). The average Bonchev–Trinajstić information content (AvgIpc) is 2.84. The second-order valence-corrected chi connectivity index (χ2v) is 9.32. The van der Waals surface area contributed by atoms with E-state index in [1.165, 1.54) is 22.3 Å². The largest absolute Gasteiger partial charge is 0.485 e. The van der Waals surface area contributed by atoms with Crippen molar-refractivity contribution < 1.29 is 18.9 Å². The molecule has 0 aromatic heterocycles. The van der Waals surface area contributed by atoms with Crippen LogP contribution in [0.5, 0.6) is 11.5 Å². The van der Waals surface area contributed by atoms with Gasteiger partial charge in [0.2, 0.25) is 0 Å². The Labute approximate surface area is 189 Å². The number of methoxy groups -OCH3 is 2. The van der Waals surface area contributed by atoms with E-state index in [0.717, 1.165) is 61.2 Å². The van der Waals surface area contributed by atoms with Gasteiger partial charge < -0.3 is 18.9 Å². The summed E-state index contributed by atoms with van der Waals surface area (Å²) in [5.41, 5.74) is 7.20. The Hall–Kier alpha value is -2.56. The van der Waals surface area contributed by atoms with E-state index in [9.17, 15) is 0 Å². The van der Waals surface area contributed by atoms with Crippen molar-refractivity contribution >= 4 is 12.2 Å². The maximum absolute atomic E-state index is 6.34. The molecule has 2 aromatic carbocycles. The molecule has 4 unspecified atom stereocenters. The van der Waals surface area contributed by atoms with Crippen LogP contribution in [-0.2, 0) is 9.47 Å². The molecule has 4 aliphatic rings. The number of hydrogen-bond acceptors (Lipinski definition) is 4. The predicted octanol–water partition coefficient (Wildman–Crippen LogP) is 6.04. The van der Waals surface area contributed by atoms with Crippen LogP contribution in [-0.4, -0.2) is 38.6 Å². The first-order valence-corrected chi connectivity index (χ1v) is 11.8. The Morgan fingerprint density at radius 2 is 1.12 bits per heavy atom. The van der Waals surface area contributed by atoms with Crippen molar-refractivity contribution in [3.63, 3.8) is 0 Å². The fourth-order valence-electron chi connectivity index (χ4n) is 5.75. The monoisotopic (exact) mass is 430 g/mol. The molecule has 2 aliphatic carbocycles. The van der Waals surface area contributed by atoms with E-state index in [-0.39, 0.29) is 24.4 Å². The van der Waals surface area contributed by atoms with Gasteiger partial charge in [0.15, 0.2) is 0 Å². The summed E-state index contributed by atoms with van der Waals surface area (Å²) in [6.45, 7) is 0. The number of fused-ring (bicyclic) bond motifs is 4. The van der Waals surface area contributed by atoms with E-state index >= 15 is 0 Å². The van der Waals surface area contributed by atoms with E-state index < -0.39 is 0 Å². The van der Waals surface area contributed by atoms with E-state index in [2.05, 4.69) is 48.6 Å². The molecule has 32 heavy (non-hydrogen) atoms. The molecule has 2 aromatic rings. The Morgan fingerprint density at radius 3 is 1.56 bits per heavy atom. The summed E-state index contributed by atoms with van der Waals surface area (Å²) in [6.07, 6.45) is 11.8. The molecule has 0 amide bonds. The van der Waals surface area contributed by atoms with E-state index in [1.807, 2.05) is 0 Å². The summed E-state index contributed by atoms with van der Waals surface area (Å²) in [5.74, 6) is 1.94. The van der Waals surface area contributed by atoms with Crippen LogP contribution in [0.4, 0.5) is 0 Å². The van der Waals surface area contributed by atoms with Gasteiger partial charge in [-0.1, -0.05) is 12.1 Å². The lowest BCUT2D eigenvalue weighted by atomic mass is 9.85. The molecule has 2 aliphatic heterocycles. The van der Waals surface area contributed by atoms with Crippen molar-refractivity contribution in [2.24, 2.45) is 0 Å². The van der Waals surface area contributed by atoms with Gasteiger partial charge in [-0.15, -0.1) is 0 Å². The third-order valence-corrected chi connectivity index (χ3v) is 7.46. The van der Waals surface area contributed by atoms with Crippen molar-refractivity contribution in [2.75, 3.05) is 14.2 Å². The number of ether oxygens (including phenoxy) is 4. The van der Waals surface area contributed by atoms with Crippen LogP contribution in [0.25, 0.3) is 23.3 Å². The molecule has 0 N–H and O–H groups in total. The third-order valence-electron chi connectivity index (χ3n) is 7.46. The van der Waals surface area contributed by atoms with Gasteiger partial charge in [-0.2, -0.15) is 0 Å². The van der Waals surface area contributed by atoms with Gasteiger partial charge in [0.25, 0.3) is 0 Å². The van der Waals surface area contributed by atoms with E-state index in [1.54, 1.807) is 14.2 Å². The van der Waals surface area contributed by atoms with Crippen molar-refractivity contribution in [3.05, 3.63) is 58.7 Å². The van der Waals surface area contributed by atoms with Gasteiger partial charge in [-0.25, -0.2) is 0 Å². The van der Waals surface area contributed by atoms with Crippen LogP contribution in [0.1, 0.15) is 49.7 Å². The highest BCUT2D eigenvalue weighted by atomic mass is 16.5. The lowest BCUT2D eigenvalue weighted by molar-refractivity contribution is 0.0717. The van der Waals surface area contributed by atoms with Crippen molar-refractivity contribution in [3.8, 4) is 22.6 Å². The van der Waals surface area contributed by atoms with Crippen LogP contribution >= 0.6 is 0 Å². The standard InChI is InChI=1S/C28H30O4/c1-29-25-5-3-7-27-21(25)15-19-13-17(9-11-23(19)31-27)18-10-12-24-20(14-18)16-22-26(30-2)6-4-8-28(22)32-24/h9-16,25-28H,3-8H2,1-2H3. The van der Waals surface area contributed by atoms with Crippen molar-refractivity contribution in [1.82, 2.24) is 0 Å². The Kier molecular flexibility index (Phi) is 5.08. The van der Waals surface area contributed by atoms with Gasteiger partial charge >= 0.3 is 0 Å². The molecule has 4 nitrogen and oxygen atoms in total. The molecule has 0 saturated heterocycles. The summed E-state index contributed by atoms with van der Waals surface area (Å²) >= 11 is 0. The fourth-order valence-corrected chi connectivity index (χ4v) is 5.75. The normalized spacial score (nSPS) is 28.1. The van der Waals surface area contributed by atoms with Crippen LogP contribution < -0.4 is 9.47 Å². The van der Waals surface area contributed by atoms with Crippen LogP contribution in [0.2, 0.25) is 0 Å². The number of benzene rings is 2. The van der Waals surface area contributed by atoms with Gasteiger partial charge in [0.05, 0.1) is 12.2 Å². The molecule has 166 valence electrons. The summed E-state index contributed by atoms with van der Waals surface area (Å²) < 4.78 is 24.2. The second-order valence-electron chi connectivity index (χ2n) is 9.32. The Balaban J connectivity index is 1.35. The number of hydrogen-bond donors (Lipinski definition) is 0. The number of rotatable bonds is 3. The lowest BCUT2D eigenvalue weighted by Crippen LogP contribution is -2.34. The predicted molar refractivity (Wildman–Crippen MR) is 126 cm³/mol. The summed E-state index contributed by atoms with van der Waals surface area (Å²) in [4.78, 5) is 0. The van der Waals surface area contributed by atoms with Gasteiger partial charge in [0.1, 0.15) is 23.7 Å². The van der Waals surface area contributed by atoms with Crippen LogP contribution in [0.3, 0.4) is 0 Å². The molecule has 4 atom stereocenters. The van der Waals surface area contributed by atoms with Gasteiger partial charge in [-0.3, -0.25) is 0 Å². The third kappa shape index (κ3) is 3.37. The maximum Gasteiger partial charge on any atom is 0.127 e. The minimum atomic E-state index is 0.150. The minimum Gasteiger partial charge on any atom is -0.485 e. The zero-order chi connectivity index (χ0) is 21.7. The first-order valence-electron chi connectivity index (χ1n) is 11.8.